The third-order valence-electron chi connectivity index (χ3n) is 3.91. The molecule has 0 aliphatic heterocycles. The molecule has 0 heterocycles. The van der Waals surface area contributed by atoms with Crippen molar-refractivity contribution in [1.29, 1.82) is 0 Å². The van der Waals surface area contributed by atoms with E-state index >= 15 is 0 Å². The van der Waals surface area contributed by atoms with E-state index in [9.17, 15) is 19.7 Å². The van der Waals surface area contributed by atoms with Crippen LogP contribution >= 0.6 is 0 Å². The van der Waals surface area contributed by atoms with Crippen LogP contribution in [0.15, 0.2) is 42.5 Å². The summed E-state index contributed by atoms with van der Waals surface area (Å²) in [6, 6.07) is 11.2. The third kappa shape index (κ3) is 4.89. The number of nitrogens with zero attached hydrogens (tertiary/aromatic N) is 1. The highest BCUT2D eigenvalue weighted by Crippen LogP contribution is 2.23. The average molecular weight is 355 g/mol. The van der Waals surface area contributed by atoms with Crippen molar-refractivity contribution >= 4 is 28.9 Å². The van der Waals surface area contributed by atoms with Crippen molar-refractivity contribution in [2.45, 2.75) is 33.1 Å². The lowest BCUT2D eigenvalue weighted by Gasteiger charge is -2.10. The molecule has 0 saturated carbocycles. The van der Waals surface area contributed by atoms with Gasteiger partial charge in [0.05, 0.1) is 4.92 Å². The predicted molar refractivity (Wildman–Crippen MR) is 100 cm³/mol. The maximum atomic E-state index is 12.5. The number of amides is 2. The topological polar surface area (TPSA) is 101 Å². The van der Waals surface area contributed by atoms with Crippen molar-refractivity contribution < 1.29 is 14.5 Å². The molecule has 2 aromatic carbocycles. The molecule has 0 aromatic heterocycles. The van der Waals surface area contributed by atoms with Crippen molar-refractivity contribution in [2.24, 2.45) is 0 Å². The van der Waals surface area contributed by atoms with Crippen LogP contribution in [0.3, 0.4) is 0 Å². The summed E-state index contributed by atoms with van der Waals surface area (Å²) in [7, 11) is 0. The van der Waals surface area contributed by atoms with E-state index in [4.69, 9.17) is 0 Å². The van der Waals surface area contributed by atoms with Gasteiger partial charge in [-0.05, 0) is 37.6 Å². The van der Waals surface area contributed by atoms with Gasteiger partial charge in [0, 0.05) is 35.0 Å². The van der Waals surface area contributed by atoms with Crippen LogP contribution in [0, 0.1) is 17.0 Å². The lowest BCUT2D eigenvalue weighted by molar-refractivity contribution is -0.385. The minimum atomic E-state index is -0.515. The number of hydrogen-bond donors (Lipinski definition) is 2. The Morgan fingerprint density at radius 2 is 1.73 bits per heavy atom. The second-order valence-electron chi connectivity index (χ2n) is 5.89. The fourth-order valence-corrected chi connectivity index (χ4v) is 2.50. The SMILES string of the molecule is CCCCC(=O)Nc1cccc(NC(=O)c2cccc([N+](=O)[O-])c2C)c1. The van der Waals surface area contributed by atoms with E-state index in [0.29, 0.717) is 23.4 Å². The highest BCUT2D eigenvalue weighted by Gasteiger charge is 2.18. The second-order valence-corrected chi connectivity index (χ2v) is 5.89. The number of anilines is 2. The summed E-state index contributed by atoms with van der Waals surface area (Å²) in [6.07, 6.45) is 2.19. The molecule has 0 aliphatic rings. The minimum absolute atomic E-state index is 0.0788. The second kappa shape index (κ2) is 8.75. The number of carbonyl (C=O) groups excluding carboxylic acids is 2. The lowest BCUT2D eigenvalue weighted by atomic mass is 10.1. The van der Waals surface area contributed by atoms with Crippen LogP contribution in [0.4, 0.5) is 17.1 Å². The first-order chi connectivity index (χ1) is 12.4. The van der Waals surface area contributed by atoms with Crippen LogP contribution < -0.4 is 10.6 Å². The number of nitrogens with one attached hydrogen (secondary N) is 2. The molecular weight excluding hydrogens is 334 g/mol. The van der Waals surface area contributed by atoms with Gasteiger partial charge in [0.15, 0.2) is 0 Å². The van der Waals surface area contributed by atoms with Gasteiger partial charge in [-0.1, -0.05) is 25.5 Å². The van der Waals surface area contributed by atoms with Crippen molar-refractivity contribution in [3.8, 4) is 0 Å². The standard InChI is InChI=1S/C19H21N3O4/c1-3-4-11-18(23)20-14-7-5-8-15(12-14)21-19(24)16-9-6-10-17(13(16)2)22(25)26/h5-10,12H,3-4,11H2,1-2H3,(H,20,23)(H,21,24). The maximum absolute atomic E-state index is 12.5. The zero-order valence-corrected chi connectivity index (χ0v) is 14.7. The number of hydrogen-bond acceptors (Lipinski definition) is 4. The largest absolute Gasteiger partial charge is 0.326 e. The molecule has 2 N–H and O–H groups in total. The Morgan fingerprint density at radius 1 is 1.08 bits per heavy atom. The van der Waals surface area contributed by atoms with Gasteiger partial charge in [0.25, 0.3) is 11.6 Å². The fourth-order valence-electron chi connectivity index (χ4n) is 2.50. The minimum Gasteiger partial charge on any atom is -0.326 e. The van der Waals surface area contributed by atoms with Crippen LogP contribution in [-0.2, 0) is 4.79 Å². The van der Waals surface area contributed by atoms with Gasteiger partial charge >= 0.3 is 0 Å². The first-order valence-corrected chi connectivity index (χ1v) is 8.37. The number of benzene rings is 2. The summed E-state index contributed by atoms with van der Waals surface area (Å²) < 4.78 is 0. The van der Waals surface area contributed by atoms with Gasteiger partial charge in [0.1, 0.15) is 0 Å². The molecule has 0 bridgehead atoms. The van der Waals surface area contributed by atoms with Gasteiger partial charge in [-0.15, -0.1) is 0 Å². The van der Waals surface area contributed by atoms with Gasteiger partial charge in [-0.2, -0.15) is 0 Å². The molecule has 7 heteroatoms. The van der Waals surface area contributed by atoms with Crippen molar-refractivity contribution in [2.75, 3.05) is 10.6 Å². The van der Waals surface area contributed by atoms with Crippen LogP contribution in [0.1, 0.15) is 42.1 Å². The van der Waals surface area contributed by atoms with Gasteiger partial charge in [-0.25, -0.2) is 0 Å². The number of rotatable bonds is 7. The van der Waals surface area contributed by atoms with E-state index < -0.39 is 10.8 Å². The summed E-state index contributed by atoms with van der Waals surface area (Å²) in [5, 5.41) is 16.5. The molecule has 0 radical (unpaired) electrons. The molecule has 0 spiro atoms. The number of unbranched alkanes of at least 4 members (excludes halogenated alkanes) is 1. The molecule has 7 nitrogen and oxygen atoms in total. The molecule has 0 atom stereocenters. The molecule has 0 aliphatic carbocycles. The zero-order chi connectivity index (χ0) is 19.1. The molecule has 0 unspecified atom stereocenters. The summed E-state index contributed by atoms with van der Waals surface area (Å²) >= 11 is 0. The van der Waals surface area contributed by atoms with Crippen molar-refractivity contribution in [1.82, 2.24) is 0 Å². The molecule has 26 heavy (non-hydrogen) atoms. The summed E-state index contributed by atoms with van der Waals surface area (Å²) in [5.41, 5.74) is 1.51. The Morgan fingerprint density at radius 3 is 2.38 bits per heavy atom. The van der Waals surface area contributed by atoms with Crippen LogP contribution in [0.2, 0.25) is 0 Å². The van der Waals surface area contributed by atoms with Crippen LogP contribution in [-0.4, -0.2) is 16.7 Å². The van der Waals surface area contributed by atoms with Crippen molar-refractivity contribution in [3.63, 3.8) is 0 Å². The quantitative estimate of drug-likeness (QED) is 0.571. The van der Waals surface area contributed by atoms with Crippen molar-refractivity contribution in [3.05, 3.63) is 63.7 Å². The third-order valence-corrected chi connectivity index (χ3v) is 3.91. The normalized spacial score (nSPS) is 10.2. The highest BCUT2D eigenvalue weighted by atomic mass is 16.6. The van der Waals surface area contributed by atoms with E-state index in [-0.39, 0.29) is 17.2 Å². The van der Waals surface area contributed by atoms with E-state index in [1.54, 1.807) is 24.3 Å². The van der Waals surface area contributed by atoms with E-state index in [0.717, 1.165) is 12.8 Å². The predicted octanol–water partition coefficient (Wildman–Crippen LogP) is 4.28. The Balaban J connectivity index is 2.13. The summed E-state index contributed by atoms with van der Waals surface area (Å²) in [6.45, 7) is 3.55. The average Bonchev–Trinajstić information content (AvgIpc) is 2.60. The molecule has 136 valence electrons. The highest BCUT2D eigenvalue weighted by molar-refractivity contribution is 6.06. The van der Waals surface area contributed by atoms with Gasteiger partial charge in [-0.3, -0.25) is 19.7 Å². The molecule has 2 aromatic rings. The van der Waals surface area contributed by atoms with E-state index in [1.165, 1.54) is 25.1 Å². The Labute approximate surface area is 151 Å². The Hall–Kier alpha value is -3.22. The van der Waals surface area contributed by atoms with Crippen LogP contribution in [0.5, 0.6) is 0 Å². The molecule has 2 amide bonds. The van der Waals surface area contributed by atoms with Gasteiger partial charge < -0.3 is 10.6 Å². The fraction of sp³-hybridized carbons (Fsp3) is 0.263. The maximum Gasteiger partial charge on any atom is 0.273 e. The number of carbonyl (C=O) groups is 2. The van der Waals surface area contributed by atoms with E-state index in [2.05, 4.69) is 10.6 Å². The monoisotopic (exact) mass is 355 g/mol. The Bertz CT molecular complexity index is 833. The van der Waals surface area contributed by atoms with Gasteiger partial charge in [0.2, 0.25) is 5.91 Å². The smallest absolute Gasteiger partial charge is 0.273 e. The number of nitro groups is 1. The zero-order valence-electron chi connectivity index (χ0n) is 14.7. The molecule has 2 rings (SSSR count). The van der Waals surface area contributed by atoms with Crippen LogP contribution in [0.25, 0.3) is 0 Å². The van der Waals surface area contributed by atoms with E-state index in [1.807, 2.05) is 6.92 Å². The first-order valence-electron chi connectivity index (χ1n) is 8.37. The Kier molecular flexibility index (Phi) is 6.43. The lowest BCUT2D eigenvalue weighted by Crippen LogP contribution is -2.15. The number of nitro benzene ring substituents is 1. The molecule has 0 fully saturated rings. The first kappa shape index (κ1) is 19.1. The molecular formula is C19H21N3O4. The summed E-state index contributed by atoms with van der Waals surface area (Å²) in [5.74, 6) is -0.523. The molecule has 0 saturated heterocycles. The summed E-state index contributed by atoms with van der Waals surface area (Å²) in [4.78, 5) is 34.8.